The molecule has 2 saturated heterocycles. The molecule has 0 radical (unpaired) electrons. The zero-order valence-electron chi connectivity index (χ0n) is 10.6. The Morgan fingerprint density at radius 1 is 1.35 bits per heavy atom. The number of nitrogens with zero attached hydrogens (tertiary/aromatic N) is 3. The second kappa shape index (κ2) is 5.02. The van der Waals surface area contributed by atoms with Gasteiger partial charge in [0.15, 0.2) is 0 Å². The molecular formula is C13H21N3S. The number of rotatable bonds is 4. The molecule has 0 saturated carbocycles. The van der Waals surface area contributed by atoms with Crippen LogP contribution in [0.4, 0.5) is 0 Å². The maximum Gasteiger partial charge on any atom is 0.0821 e. The van der Waals surface area contributed by atoms with Crippen LogP contribution in [0.3, 0.4) is 0 Å². The van der Waals surface area contributed by atoms with Gasteiger partial charge in [-0.15, -0.1) is 0 Å². The van der Waals surface area contributed by atoms with Gasteiger partial charge in [0.05, 0.1) is 23.1 Å². The summed E-state index contributed by atoms with van der Waals surface area (Å²) in [6.45, 7) is 6.08. The molecule has 3 rings (SSSR count). The summed E-state index contributed by atoms with van der Waals surface area (Å²) in [5.74, 6) is 1.54. The highest BCUT2D eigenvalue weighted by atomic mass is 32.1. The highest BCUT2D eigenvalue weighted by molar-refractivity contribution is 6.99. The number of aryl methyl sites for hydroxylation is 1. The van der Waals surface area contributed by atoms with Crippen LogP contribution in [0.1, 0.15) is 49.9 Å². The summed E-state index contributed by atoms with van der Waals surface area (Å²) in [6.07, 6.45) is 6.40. The smallest absolute Gasteiger partial charge is 0.0821 e. The summed E-state index contributed by atoms with van der Waals surface area (Å²) in [7, 11) is 0. The topological polar surface area (TPSA) is 29.0 Å². The van der Waals surface area contributed by atoms with Crippen molar-refractivity contribution in [3.63, 3.8) is 0 Å². The van der Waals surface area contributed by atoms with Gasteiger partial charge in [0, 0.05) is 19.0 Å². The average Bonchev–Trinajstić information content (AvgIpc) is 2.91. The molecule has 1 aromatic rings. The van der Waals surface area contributed by atoms with Crippen LogP contribution in [-0.4, -0.2) is 33.3 Å². The average molecular weight is 251 g/mol. The second-order valence-electron chi connectivity index (χ2n) is 5.47. The highest BCUT2D eigenvalue weighted by Gasteiger charge is 2.38. The third-order valence-electron chi connectivity index (χ3n) is 4.27. The molecule has 1 aromatic heterocycles. The van der Waals surface area contributed by atoms with Crippen LogP contribution >= 0.6 is 11.7 Å². The molecule has 0 aromatic carbocycles. The Bertz CT molecular complexity index is 376. The van der Waals surface area contributed by atoms with Crippen LogP contribution < -0.4 is 0 Å². The molecule has 2 unspecified atom stereocenters. The van der Waals surface area contributed by atoms with Crippen LogP contribution in [0, 0.1) is 5.92 Å². The zero-order chi connectivity index (χ0) is 11.7. The van der Waals surface area contributed by atoms with Crippen LogP contribution in [0.2, 0.25) is 0 Å². The van der Waals surface area contributed by atoms with Crippen molar-refractivity contribution in [2.45, 2.75) is 44.9 Å². The molecule has 94 valence electrons. The minimum atomic E-state index is 0.683. The standard InChI is InChI=1S/C13H21N3S/c1-2-3-6-12-13(15-17-14-12)11-9-16-7-4-5-10(11)8-16/h10-11H,2-9H2,1H3/t10-,11?/m1/s1. The normalized spacial score (nSPS) is 31.9. The Kier molecular flexibility index (Phi) is 3.43. The molecular weight excluding hydrogens is 230 g/mol. The fraction of sp³-hybridized carbons (Fsp3) is 0.846. The summed E-state index contributed by atoms with van der Waals surface area (Å²) in [4.78, 5) is 2.61. The van der Waals surface area contributed by atoms with E-state index >= 15 is 0 Å². The Labute approximate surface area is 108 Å². The third kappa shape index (κ3) is 2.25. The lowest BCUT2D eigenvalue weighted by atomic mass is 9.87. The van der Waals surface area contributed by atoms with Gasteiger partial charge in [-0.05, 0) is 38.1 Å². The number of hydrogen-bond donors (Lipinski definition) is 0. The summed E-state index contributed by atoms with van der Waals surface area (Å²) in [5, 5.41) is 0. The van der Waals surface area contributed by atoms with E-state index in [0.29, 0.717) is 5.92 Å². The SMILES string of the molecule is CCCCc1nsnc1C1CN2CCC[C@@H]1C2. The van der Waals surface area contributed by atoms with Gasteiger partial charge in [0.1, 0.15) is 0 Å². The van der Waals surface area contributed by atoms with E-state index in [4.69, 9.17) is 0 Å². The number of piperidine rings is 1. The van der Waals surface area contributed by atoms with Crippen LogP contribution in [0.25, 0.3) is 0 Å². The van der Waals surface area contributed by atoms with E-state index in [1.54, 1.807) is 0 Å². The van der Waals surface area contributed by atoms with Crippen molar-refractivity contribution >= 4 is 11.7 Å². The molecule has 0 aliphatic carbocycles. The molecule has 17 heavy (non-hydrogen) atoms. The van der Waals surface area contributed by atoms with Gasteiger partial charge in [-0.1, -0.05) is 13.3 Å². The minimum absolute atomic E-state index is 0.683. The van der Waals surface area contributed by atoms with Crippen molar-refractivity contribution in [3.8, 4) is 0 Å². The lowest BCUT2D eigenvalue weighted by Crippen LogP contribution is -2.25. The quantitative estimate of drug-likeness (QED) is 0.824. The van der Waals surface area contributed by atoms with Crippen molar-refractivity contribution in [2.24, 2.45) is 5.92 Å². The Morgan fingerprint density at radius 3 is 3.12 bits per heavy atom. The largest absolute Gasteiger partial charge is 0.302 e. The van der Waals surface area contributed by atoms with Gasteiger partial charge in [0.25, 0.3) is 0 Å². The summed E-state index contributed by atoms with van der Waals surface area (Å²) < 4.78 is 9.14. The van der Waals surface area contributed by atoms with Crippen LogP contribution in [0.5, 0.6) is 0 Å². The number of fused-ring (bicyclic) bond motifs is 2. The maximum absolute atomic E-state index is 4.62. The van der Waals surface area contributed by atoms with E-state index in [1.807, 2.05) is 0 Å². The molecule has 0 spiro atoms. The van der Waals surface area contributed by atoms with E-state index in [2.05, 4.69) is 20.6 Å². The summed E-state index contributed by atoms with van der Waals surface area (Å²) in [6, 6.07) is 0. The first-order valence-electron chi connectivity index (χ1n) is 6.92. The van der Waals surface area contributed by atoms with E-state index < -0.39 is 0 Å². The number of unbranched alkanes of at least 4 members (excludes halogenated alkanes) is 1. The Hall–Kier alpha value is -0.480. The molecule has 2 bridgehead atoms. The molecule has 3 heterocycles. The van der Waals surface area contributed by atoms with E-state index in [1.165, 1.54) is 68.4 Å². The van der Waals surface area contributed by atoms with Gasteiger partial charge in [0.2, 0.25) is 0 Å². The van der Waals surface area contributed by atoms with Crippen LogP contribution in [-0.2, 0) is 6.42 Å². The molecule has 0 amide bonds. The Morgan fingerprint density at radius 2 is 2.29 bits per heavy atom. The summed E-state index contributed by atoms with van der Waals surface area (Å²) >= 11 is 1.42. The lowest BCUT2D eigenvalue weighted by molar-refractivity contribution is 0.269. The van der Waals surface area contributed by atoms with Gasteiger partial charge in [-0.3, -0.25) is 0 Å². The first-order valence-corrected chi connectivity index (χ1v) is 7.65. The molecule has 0 N–H and O–H groups in total. The van der Waals surface area contributed by atoms with E-state index in [-0.39, 0.29) is 0 Å². The summed E-state index contributed by atoms with van der Waals surface area (Å²) in [5.41, 5.74) is 2.65. The molecule has 3 nitrogen and oxygen atoms in total. The molecule has 2 aliphatic heterocycles. The molecule has 2 fully saturated rings. The number of aromatic nitrogens is 2. The lowest BCUT2D eigenvalue weighted by Gasteiger charge is -2.21. The highest BCUT2D eigenvalue weighted by Crippen LogP contribution is 2.39. The second-order valence-corrected chi connectivity index (χ2v) is 6.00. The van der Waals surface area contributed by atoms with E-state index in [9.17, 15) is 0 Å². The molecule has 3 atom stereocenters. The predicted octanol–water partition coefficient (Wildman–Crippen LogP) is 2.69. The van der Waals surface area contributed by atoms with Crippen LogP contribution in [0.15, 0.2) is 0 Å². The third-order valence-corrected chi connectivity index (χ3v) is 4.85. The molecule has 4 heteroatoms. The van der Waals surface area contributed by atoms with Crippen molar-refractivity contribution in [1.29, 1.82) is 0 Å². The van der Waals surface area contributed by atoms with Gasteiger partial charge in [-0.25, -0.2) is 0 Å². The first-order chi connectivity index (χ1) is 8.38. The zero-order valence-corrected chi connectivity index (χ0v) is 11.4. The van der Waals surface area contributed by atoms with E-state index in [0.717, 1.165) is 12.3 Å². The van der Waals surface area contributed by atoms with Crippen molar-refractivity contribution < 1.29 is 0 Å². The van der Waals surface area contributed by atoms with Crippen molar-refractivity contribution in [1.82, 2.24) is 13.6 Å². The number of hydrogen-bond acceptors (Lipinski definition) is 4. The maximum atomic E-state index is 4.62. The van der Waals surface area contributed by atoms with Gasteiger partial charge in [-0.2, -0.15) is 8.75 Å². The minimum Gasteiger partial charge on any atom is -0.302 e. The fourth-order valence-corrected chi connectivity index (χ4v) is 3.99. The fourth-order valence-electron chi connectivity index (χ4n) is 3.34. The van der Waals surface area contributed by atoms with Gasteiger partial charge < -0.3 is 4.90 Å². The van der Waals surface area contributed by atoms with Crippen molar-refractivity contribution in [2.75, 3.05) is 19.6 Å². The monoisotopic (exact) mass is 251 g/mol. The Balaban J connectivity index is 1.77. The predicted molar refractivity (Wildman–Crippen MR) is 70.4 cm³/mol. The van der Waals surface area contributed by atoms with Crippen molar-refractivity contribution in [3.05, 3.63) is 11.4 Å². The van der Waals surface area contributed by atoms with Gasteiger partial charge >= 0.3 is 0 Å². The molecule has 2 aliphatic rings. The first kappa shape index (κ1) is 11.6.